The average molecular weight is 126 g/mol. The van der Waals surface area contributed by atoms with Crippen molar-refractivity contribution >= 4 is 5.84 Å². The average Bonchev–Trinajstić information content (AvgIpc) is 2.47. The Morgan fingerprint density at radius 2 is 1.89 bits per heavy atom. The van der Waals surface area contributed by atoms with E-state index in [4.69, 9.17) is 5.41 Å². The molecule has 0 saturated heterocycles. The third-order valence-corrected chi connectivity index (χ3v) is 2.02. The number of nitrogens with zero attached hydrogens (tertiary/aromatic N) is 1. The zero-order chi connectivity index (χ0) is 7.07. The molecule has 1 fully saturated rings. The van der Waals surface area contributed by atoms with Gasteiger partial charge in [0.05, 0.1) is 0 Å². The Morgan fingerprint density at radius 1 is 1.44 bits per heavy atom. The van der Waals surface area contributed by atoms with Crippen LogP contribution < -0.4 is 0 Å². The van der Waals surface area contributed by atoms with E-state index < -0.39 is 0 Å². The molecule has 1 saturated carbocycles. The van der Waals surface area contributed by atoms with Crippen molar-refractivity contribution in [3.8, 4) is 0 Å². The van der Waals surface area contributed by atoms with Gasteiger partial charge < -0.3 is 4.90 Å². The van der Waals surface area contributed by atoms with Gasteiger partial charge in [0.2, 0.25) is 0 Å². The summed E-state index contributed by atoms with van der Waals surface area (Å²) in [6.45, 7) is 2.15. The predicted octanol–water partition coefficient (Wildman–Crippen LogP) is 1.33. The third kappa shape index (κ3) is 1.07. The van der Waals surface area contributed by atoms with E-state index in [0.29, 0.717) is 0 Å². The molecule has 0 heterocycles. The van der Waals surface area contributed by atoms with Crippen molar-refractivity contribution in [2.45, 2.75) is 19.8 Å². The molecule has 1 N–H and O–H groups in total. The van der Waals surface area contributed by atoms with E-state index in [0.717, 1.165) is 5.84 Å². The van der Waals surface area contributed by atoms with E-state index in [2.05, 4.69) is 6.92 Å². The Kier molecular flexibility index (Phi) is 1.26. The smallest absolute Gasteiger partial charge is 0.101 e. The minimum atomic E-state index is 0.240. The van der Waals surface area contributed by atoms with Gasteiger partial charge in [-0.05, 0) is 12.8 Å². The number of nitrogens with one attached hydrogen (secondary N) is 1. The second kappa shape index (κ2) is 1.72. The van der Waals surface area contributed by atoms with Crippen LogP contribution in [0.5, 0.6) is 0 Å². The molecule has 0 radical (unpaired) electrons. The molecule has 52 valence electrons. The van der Waals surface area contributed by atoms with Crippen molar-refractivity contribution in [1.82, 2.24) is 4.90 Å². The van der Waals surface area contributed by atoms with Crippen molar-refractivity contribution < 1.29 is 0 Å². The fourth-order valence-electron chi connectivity index (χ4n) is 0.964. The molecular weight excluding hydrogens is 112 g/mol. The molecule has 0 atom stereocenters. The van der Waals surface area contributed by atoms with Gasteiger partial charge in [-0.15, -0.1) is 0 Å². The van der Waals surface area contributed by atoms with Gasteiger partial charge in [-0.1, -0.05) is 6.92 Å². The minimum Gasteiger partial charge on any atom is -0.366 e. The highest BCUT2D eigenvalue weighted by atomic mass is 15.1. The molecule has 1 rings (SSSR count). The zero-order valence-corrected chi connectivity index (χ0v) is 6.36. The number of amidine groups is 1. The molecule has 1 aliphatic carbocycles. The van der Waals surface area contributed by atoms with Gasteiger partial charge in [0.1, 0.15) is 5.84 Å². The van der Waals surface area contributed by atoms with Gasteiger partial charge in [-0.3, -0.25) is 5.41 Å². The van der Waals surface area contributed by atoms with E-state index in [9.17, 15) is 0 Å². The maximum atomic E-state index is 7.58. The van der Waals surface area contributed by atoms with Crippen LogP contribution in [0.1, 0.15) is 19.8 Å². The van der Waals surface area contributed by atoms with Gasteiger partial charge in [0.25, 0.3) is 0 Å². The van der Waals surface area contributed by atoms with Crippen LogP contribution >= 0.6 is 0 Å². The molecule has 9 heavy (non-hydrogen) atoms. The van der Waals surface area contributed by atoms with Crippen LogP contribution in [0.25, 0.3) is 0 Å². The van der Waals surface area contributed by atoms with E-state index >= 15 is 0 Å². The Labute approximate surface area is 56.4 Å². The zero-order valence-electron chi connectivity index (χ0n) is 6.36. The Hall–Kier alpha value is -0.530. The van der Waals surface area contributed by atoms with Crippen LogP contribution in [0.15, 0.2) is 0 Å². The van der Waals surface area contributed by atoms with Crippen molar-refractivity contribution in [1.29, 1.82) is 5.41 Å². The normalized spacial score (nSPS) is 21.2. The van der Waals surface area contributed by atoms with Crippen molar-refractivity contribution in [2.75, 3.05) is 14.1 Å². The standard InChI is InChI=1S/C7H14N2/c1-7(4-5-7)6(8)9(2)3/h8H,4-5H2,1-3H3. The number of hydrogen-bond donors (Lipinski definition) is 1. The molecule has 0 spiro atoms. The first-order valence-electron chi connectivity index (χ1n) is 3.33. The Morgan fingerprint density at radius 3 is 2.00 bits per heavy atom. The lowest BCUT2D eigenvalue weighted by molar-refractivity contribution is 0.549. The molecule has 0 aromatic rings. The van der Waals surface area contributed by atoms with Crippen molar-refractivity contribution in [2.24, 2.45) is 5.41 Å². The van der Waals surface area contributed by atoms with Gasteiger partial charge in [0.15, 0.2) is 0 Å². The van der Waals surface area contributed by atoms with Crippen LogP contribution in [-0.4, -0.2) is 24.8 Å². The SMILES string of the molecule is CN(C)C(=N)C1(C)CC1. The van der Waals surface area contributed by atoms with E-state index in [1.165, 1.54) is 12.8 Å². The molecule has 0 aromatic heterocycles. The molecule has 1 aliphatic rings. The van der Waals surface area contributed by atoms with Gasteiger partial charge in [0, 0.05) is 19.5 Å². The summed E-state index contributed by atoms with van der Waals surface area (Å²) in [5.74, 6) is 0.780. The second-order valence-electron chi connectivity index (χ2n) is 3.30. The number of hydrogen-bond acceptors (Lipinski definition) is 1. The van der Waals surface area contributed by atoms with E-state index in [-0.39, 0.29) is 5.41 Å². The third-order valence-electron chi connectivity index (χ3n) is 2.02. The summed E-state index contributed by atoms with van der Waals surface area (Å²) < 4.78 is 0. The Bertz CT molecular complexity index is 134. The van der Waals surface area contributed by atoms with E-state index in [1.807, 2.05) is 19.0 Å². The minimum absolute atomic E-state index is 0.240. The summed E-state index contributed by atoms with van der Waals surface area (Å²) in [5.41, 5.74) is 0.240. The van der Waals surface area contributed by atoms with Gasteiger partial charge in [-0.2, -0.15) is 0 Å². The predicted molar refractivity (Wildman–Crippen MR) is 38.8 cm³/mol. The molecule has 0 unspecified atom stereocenters. The van der Waals surface area contributed by atoms with E-state index in [1.54, 1.807) is 0 Å². The van der Waals surface area contributed by atoms with Crippen molar-refractivity contribution in [3.05, 3.63) is 0 Å². The first kappa shape index (κ1) is 6.59. The highest BCUT2D eigenvalue weighted by Gasteiger charge is 2.42. The summed E-state index contributed by atoms with van der Waals surface area (Å²) in [6, 6.07) is 0. The summed E-state index contributed by atoms with van der Waals surface area (Å²) >= 11 is 0. The maximum absolute atomic E-state index is 7.58. The van der Waals surface area contributed by atoms with Crippen molar-refractivity contribution in [3.63, 3.8) is 0 Å². The second-order valence-corrected chi connectivity index (χ2v) is 3.30. The first-order chi connectivity index (χ1) is 4.06. The molecule has 2 heteroatoms. The largest absolute Gasteiger partial charge is 0.366 e. The van der Waals surface area contributed by atoms with Crippen LogP contribution in [0, 0.1) is 10.8 Å². The Balaban J connectivity index is 2.53. The highest BCUT2D eigenvalue weighted by molar-refractivity contribution is 5.86. The summed E-state index contributed by atoms with van der Waals surface area (Å²) in [6.07, 6.45) is 2.40. The number of rotatable bonds is 1. The topological polar surface area (TPSA) is 27.1 Å². The lowest BCUT2D eigenvalue weighted by Gasteiger charge is -2.18. The molecule has 0 bridgehead atoms. The first-order valence-corrected chi connectivity index (χ1v) is 3.33. The molecule has 0 aromatic carbocycles. The fourth-order valence-corrected chi connectivity index (χ4v) is 0.964. The lowest BCUT2D eigenvalue weighted by atomic mass is 10.1. The molecular formula is C7H14N2. The van der Waals surface area contributed by atoms with Crippen LogP contribution in [0.3, 0.4) is 0 Å². The summed E-state index contributed by atoms with van der Waals surface area (Å²) in [7, 11) is 3.87. The summed E-state index contributed by atoms with van der Waals surface area (Å²) in [4.78, 5) is 1.90. The fraction of sp³-hybridized carbons (Fsp3) is 0.857. The van der Waals surface area contributed by atoms with Gasteiger partial charge in [-0.25, -0.2) is 0 Å². The monoisotopic (exact) mass is 126 g/mol. The molecule has 0 aliphatic heterocycles. The van der Waals surface area contributed by atoms with Crippen LogP contribution in [0.4, 0.5) is 0 Å². The van der Waals surface area contributed by atoms with Crippen LogP contribution in [-0.2, 0) is 0 Å². The van der Waals surface area contributed by atoms with Gasteiger partial charge >= 0.3 is 0 Å². The molecule has 0 amide bonds. The van der Waals surface area contributed by atoms with Crippen LogP contribution in [0.2, 0.25) is 0 Å². The lowest BCUT2D eigenvalue weighted by Crippen LogP contribution is -2.28. The quantitative estimate of drug-likeness (QED) is 0.416. The molecule has 2 nitrogen and oxygen atoms in total. The summed E-state index contributed by atoms with van der Waals surface area (Å²) in [5, 5.41) is 7.58. The maximum Gasteiger partial charge on any atom is 0.101 e. The highest BCUT2D eigenvalue weighted by Crippen LogP contribution is 2.46.